The molecule has 0 bridgehead atoms. The minimum atomic E-state index is -1.07. The molecule has 0 spiro atoms. The van der Waals surface area contributed by atoms with Crippen LogP contribution >= 0.6 is 0 Å². The topological polar surface area (TPSA) is 112 Å². The van der Waals surface area contributed by atoms with Gasteiger partial charge in [-0.1, -0.05) is 0 Å². The van der Waals surface area contributed by atoms with Crippen LogP contribution in [0, 0.1) is 0 Å². The van der Waals surface area contributed by atoms with Gasteiger partial charge in [0.2, 0.25) is 0 Å². The highest BCUT2D eigenvalue weighted by atomic mass is 16.4. The van der Waals surface area contributed by atoms with E-state index in [1.165, 1.54) is 6.33 Å². The van der Waals surface area contributed by atoms with Crippen molar-refractivity contribution in [3.63, 3.8) is 0 Å². The number of hydrogen-bond donors (Lipinski definition) is 3. The van der Waals surface area contributed by atoms with Gasteiger partial charge in [-0.05, 0) is 6.42 Å². The van der Waals surface area contributed by atoms with Crippen LogP contribution < -0.4 is 5.73 Å². The third-order valence-electron chi connectivity index (χ3n) is 2.95. The highest BCUT2D eigenvalue weighted by Gasteiger charge is 2.39. The fourth-order valence-corrected chi connectivity index (χ4v) is 1.89. The predicted octanol–water partition coefficient (Wildman–Crippen LogP) is -0.399. The summed E-state index contributed by atoms with van der Waals surface area (Å²) in [5.74, 6) is -0.228. The van der Waals surface area contributed by atoms with E-state index in [2.05, 4.69) is 9.97 Å². The summed E-state index contributed by atoms with van der Waals surface area (Å²) < 4.78 is 0. The van der Waals surface area contributed by atoms with Gasteiger partial charge in [-0.3, -0.25) is 9.69 Å². The lowest BCUT2D eigenvalue weighted by molar-refractivity contribution is -0.128. The number of likely N-dealkylation sites (tertiary alicyclic amines) is 1. The summed E-state index contributed by atoms with van der Waals surface area (Å²) in [5.41, 5.74) is 6.53. The first-order chi connectivity index (χ1) is 8.09. The van der Waals surface area contributed by atoms with Crippen LogP contribution in [0.5, 0.6) is 0 Å². The summed E-state index contributed by atoms with van der Waals surface area (Å²) in [6.45, 7) is 0.405. The molecular weight excluding hydrogens is 224 g/mol. The third-order valence-corrected chi connectivity index (χ3v) is 2.95. The molecule has 0 radical (unpaired) electrons. The number of nitrogens with two attached hydrogens (primary N) is 1. The number of imidazole rings is 1. The van der Waals surface area contributed by atoms with E-state index in [-0.39, 0.29) is 5.78 Å². The van der Waals surface area contributed by atoms with Gasteiger partial charge >= 0.3 is 6.09 Å². The number of carbonyl (C=O) groups excluding carboxylic acids is 1. The average molecular weight is 238 g/mol. The Morgan fingerprint density at radius 1 is 1.71 bits per heavy atom. The molecule has 1 unspecified atom stereocenters. The smallest absolute Gasteiger partial charge is 0.407 e. The predicted molar refractivity (Wildman–Crippen MR) is 58.4 cm³/mol. The molecule has 1 aliphatic heterocycles. The van der Waals surface area contributed by atoms with E-state index in [0.29, 0.717) is 19.4 Å². The molecule has 1 aliphatic rings. The van der Waals surface area contributed by atoms with E-state index in [1.54, 1.807) is 6.20 Å². The molecule has 2 atom stereocenters. The van der Waals surface area contributed by atoms with E-state index >= 15 is 0 Å². The number of carboxylic acid groups (broad SMARTS) is 1. The Labute approximate surface area is 97.6 Å². The van der Waals surface area contributed by atoms with Crippen LogP contribution in [-0.2, 0) is 11.2 Å². The quantitative estimate of drug-likeness (QED) is 0.660. The summed E-state index contributed by atoms with van der Waals surface area (Å²) in [7, 11) is 0. The molecule has 2 heterocycles. The first-order valence-corrected chi connectivity index (χ1v) is 5.35. The Bertz CT molecular complexity index is 417. The van der Waals surface area contributed by atoms with Crippen LogP contribution in [-0.4, -0.2) is 50.5 Å². The highest BCUT2D eigenvalue weighted by Crippen LogP contribution is 2.19. The first-order valence-electron chi connectivity index (χ1n) is 5.35. The third kappa shape index (κ3) is 2.28. The Morgan fingerprint density at radius 2 is 2.47 bits per heavy atom. The summed E-state index contributed by atoms with van der Waals surface area (Å²) in [6, 6.07) is -1.27. The molecule has 0 saturated carbocycles. The lowest BCUT2D eigenvalue weighted by atomic mass is 9.93. The number of Topliss-reactive ketones (excluding diaryl/α,β-unsaturated/α-hetero) is 1. The minimum absolute atomic E-state index is 0.228. The zero-order chi connectivity index (χ0) is 12.4. The van der Waals surface area contributed by atoms with Gasteiger partial charge in [0, 0.05) is 24.9 Å². The van der Waals surface area contributed by atoms with E-state index in [4.69, 9.17) is 10.8 Å². The second kappa shape index (κ2) is 4.54. The number of aromatic nitrogens is 2. The number of nitrogens with zero attached hydrogens (tertiary/aromatic N) is 2. The Hall–Kier alpha value is -1.89. The average Bonchev–Trinajstić information content (AvgIpc) is 2.67. The summed E-state index contributed by atoms with van der Waals surface area (Å²) in [4.78, 5) is 30.5. The van der Waals surface area contributed by atoms with Crippen LogP contribution in [0.3, 0.4) is 0 Å². The minimum Gasteiger partial charge on any atom is -0.465 e. The number of amides is 1. The van der Waals surface area contributed by atoms with Gasteiger partial charge in [0.25, 0.3) is 0 Å². The van der Waals surface area contributed by atoms with Crippen molar-refractivity contribution in [3.05, 3.63) is 18.2 Å². The van der Waals surface area contributed by atoms with Gasteiger partial charge < -0.3 is 15.8 Å². The van der Waals surface area contributed by atoms with Crippen LogP contribution in [0.15, 0.2) is 12.5 Å². The van der Waals surface area contributed by atoms with E-state index in [9.17, 15) is 9.59 Å². The molecule has 7 heteroatoms. The number of H-pyrrole nitrogens is 1. The van der Waals surface area contributed by atoms with Crippen molar-refractivity contribution in [2.24, 2.45) is 5.73 Å². The van der Waals surface area contributed by atoms with Gasteiger partial charge in [-0.25, -0.2) is 9.78 Å². The monoisotopic (exact) mass is 238 g/mol. The number of carbonyl (C=O) groups is 2. The van der Waals surface area contributed by atoms with E-state index < -0.39 is 18.2 Å². The molecular formula is C10H14N4O3. The van der Waals surface area contributed by atoms with Gasteiger partial charge in [-0.15, -0.1) is 0 Å². The second-order valence-corrected chi connectivity index (χ2v) is 4.07. The Morgan fingerprint density at radius 3 is 2.94 bits per heavy atom. The SMILES string of the molecule is N[C@@H](Cc1cnc[nH]1)C(=O)C1CCN1C(=O)O. The number of aromatic amines is 1. The number of ketones is 1. The van der Waals surface area contributed by atoms with Crippen LogP contribution in [0.1, 0.15) is 12.1 Å². The maximum atomic E-state index is 11.9. The van der Waals surface area contributed by atoms with Gasteiger partial charge in [0.1, 0.15) is 0 Å². The molecule has 0 aromatic carbocycles. The second-order valence-electron chi connectivity index (χ2n) is 4.07. The van der Waals surface area contributed by atoms with Gasteiger partial charge in [0.05, 0.1) is 18.4 Å². The molecule has 17 heavy (non-hydrogen) atoms. The molecule has 4 N–H and O–H groups in total. The maximum absolute atomic E-state index is 11.9. The molecule has 1 aromatic rings. The maximum Gasteiger partial charge on any atom is 0.407 e. The summed E-state index contributed by atoms with van der Waals surface area (Å²) in [6.07, 6.45) is 2.95. The zero-order valence-electron chi connectivity index (χ0n) is 9.17. The molecule has 0 aliphatic carbocycles. The van der Waals surface area contributed by atoms with Crippen molar-refractivity contribution < 1.29 is 14.7 Å². The van der Waals surface area contributed by atoms with Crippen LogP contribution in [0.25, 0.3) is 0 Å². The van der Waals surface area contributed by atoms with Crippen molar-refractivity contribution in [3.8, 4) is 0 Å². The molecule has 7 nitrogen and oxygen atoms in total. The van der Waals surface area contributed by atoms with Crippen LogP contribution in [0.4, 0.5) is 4.79 Å². The zero-order valence-corrected chi connectivity index (χ0v) is 9.17. The van der Waals surface area contributed by atoms with E-state index in [1.807, 2.05) is 0 Å². The van der Waals surface area contributed by atoms with E-state index in [0.717, 1.165) is 10.6 Å². The van der Waals surface area contributed by atoms with Crippen molar-refractivity contribution in [1.29, 1.82) is 0 Å². The van der Waals surface area contributed by atoms with Crippen molar-refractivity contribution >= 4 is 11.9 Å². The molecule has 1 fully saturated rings. The van der Waals surface area contributed by atoms with Crippen molar-refractivity contribution in [2.45, 2.75) is 24.9 Å². The molecule has 1 saturated heterocycles. The number of nitrogens with one attached hydrogen (secondary N) is 1. The summed E-state index contributed by atoms with van der Waals surface area (Å²) >= 11 is 0. The molecule has 2 rings (SSSR count). The standard InChI is InChI=1S/C10H14N4O3/c11-7(3-6-4-12-5-13-6)9(15)8-1-2-14(8)10(16)17/h4-5,7-8H,1-3,11H2,(H,12,13)(H,16,17)/t7-,8?/m0/s1. The first kappa shape index (κ1) is 11.6. The number of hydrogen-bond acceptors (Lipinski definition) is 4. The van der Waals surface area contributed by atoms with Crippen molar-refractivity contribution in [1.82, 2.24) is 14.9 Å². The Kier molecular flexibility index (Phi) is 3.10. The number of rotatable bonds is 4. The highest BCUT2D eigenvalue weighted by molar-refractivity contribution is 5.92. The Balaban J connectivity index is 1.93. The molecule has 1 aromatic heterocycles. The molecule has 1 amide bonds. The lowest BCUT2D eigenvalue weighted by Gasteiger charge is -2.38. The molecule has 92 valence electrons. The normalized spacial score (nSPS) is 20.8. The lowest BCUT2D eigenvalue weighted by Crippen LogP contribution is -2.58. The van der Waals surface area contributed by atoms with Gasteiger partial charge in [0.15, 0.2) is 5.78 Å². The van der Waals surface area contributed by atoms with Crippen LogP contribution in [0.2, 0.25) is 0 Å². The van der Waals surface area contributed by atoms with Crippen molar-refractivity contribution in [2.75, 3.05) is 6.54 Å². The fraction of sp³-hybridized carbons (Fsp3) is 0.500. The fourth-order valence-electron chi connectivity index (χ4n) is 1.89. The van der Waals surface area contributed by atoms with Gasteiger partial charge in [-0.2, -0.15) is 0 Å². The summed E-state index contributed by atoms with van der Waals surface area (Å²) in [5, 5.41) is 8.81. The largest absolute Gasteiger partial charge is 0.465 e.